The second-order valence-corrected chi connectivity index (χ2v) is 3.54. The quantitative estimate of drug-likeness (QED) is 0.434. The van der Waals surface area contributed by atoms with Gasteiger partial charge in [0.05, 0.1) is 0 Å². The Morgan fingerprint density at radius 2 is 1.88 bits per heavy atom. The molecule has 0 heterocycles. The van der Waals surface area contributed by atoms with E-state index in [-0.39, 0.29) is 6.61 Å². The molecule has 0 bridgehead atoms. The molecule has 0 aliphatic heterocycles. The van der Waals surface area contributed by atoms with E-state index in [1.807, 2.05) is 26.0 Å². The lowest BCUT2D eigenvalue weighted by Gasteiger charge is -2.08. The van der Waals surface area contributed by atoms with Gasteiger partial charge in [-0.15, -0.1) is 0 Å². The molecule has 0 aliphatic carbocycles. The van der Waals surface area contributed by atoms with Crippen molar-refractivity contribution in [3.05, 3.63) is 42.0 Å². The van der Waals surface area contributed by atoms with E-state index in [9.17, 15) is 4.79 Å². The molecule has 86 valence electrons. The van der Waals surface area contributed by atoms with Gasteiger partial charge in [0.2, 0.25) is 0 Å². The molecule has 0 aromatic heterocycles. The molecular weight excluding hydrogens is 204 g/mol. The summed E-state index contributed by atoms with van der Waals surface area (Å²) in [6.45, 7) is 7.91. The first-order chi connectivity index (χ1) is 7.61. The molecule has 0 unspecified atom stereocenters. The molecule has 0 atom stereocenters. The van der Waals surface area contributed by atoms with Crippen LogP contribution < -0.4 is 4.74 Å². The lowest BCUT2D eigenvalue weighted by molar-refractivity contribution is -0.138. The number of rotatable bonds is 5. The van der Waals surface area contributed by atoms with Crippen LogP contribution in [-0.2, 0) is 9.53 Å². The molecule has 1 aromatic carbocycles. The van der Waals surface area contributed by atoms with Gasteiger partial charge in [0.1, 0.15) is 19.0 Å². The van der Waals surface area contributed by atoms with Gasteiger partial charge in [-0.2, -0.15) is 0 Å². The number of benzene rings is 1. The van der Waals surface area contributed by atoms with Gasteiger partial charge < -0.3 is 9.47 Å². The van der Waals surface area contributed by atoms with Crippen molar-refractivity contribution in [1.82, 2.24) is 0 Å². The normalized spacial score (nSPS) is 9.62. The maximum absolute atomic E-state index is 10.7. The molecule has 16 heavy (non-hydrogen) atoms. The first-order valence-corrected chi connectivity index (χ1v) is 5.12. The van der Waals surface area contributed by atoms with E-state index in [1.54, 1.807) is 0 Å². The van der Waals surface area contributed by atoms with Crippen LogP contribution in [0.5, 0.6) is 5.75 Å². The van der Waals surface area contributed by atoms with Crippen LogP contribution in [0.1, 0.15) is 11.1 Å². The average Bonchev–Trinajstić information content (AvgIpc) is 2.22. The molecule has 0 spiro atoms. The average molecular weight is 220 g/mol. The van der Waals surface area contributed by atoms with Gasteiger partial charge in [0, 0.05) is 6.08 Å². The molecule has 3 heteroatoms. The molecular formula is C13H16O3. The number of hydrogen-bond donors (Lipinski definition) is 0. The largest absolute Gasteiger partial charge is 0.490 e. The Bertz CT molecular complexity index is 363. The third-order valence-corrected chi connectivity index (χ3v) is 1.96. The van der Waals surface area contributed by atoms with Crippen LogP contribution in [0.4, 0.5) is 0 Å². The van der Waals surface area contributed by atoms with Gasteiger partial charge in [-0.1, -0.05) is 12.6 Å². The Hall–Kier alpha value is -1.77. The molecule has 1 rings (SSSR count). The van der Waals surface area contributed by atoms with Crippen molar-refractivity contribution in [3.63, 3.8) is 0 Å². The molecule has 0 saturated heterocycles. The number of carbonyl (C=O) groups excluding carboxylic acids is 1. The Morgan fingerprint density at radius 1 is 1.25 bits per heavy atom. The molecule has 0 radical (unpaired) electrons. The smallest absolute Gasteiger partial charge is 0.330 e. The zero-order chi connectivity index (χ0) is 12.0. The van der Waals surface area contributed by atoms with Crippen LogP contribution in [0.3, 0.4) is 0 Å². The maximum atomic E-state index is 10.7. The van der Waals surface area contributed by atoms with Crippen molar-refractivity contribution in [1.29, 1.82) is 0 Å². The highest BCUT2D eigenvalue weighted by Crippen LogP contribution is 2.15. The minimum absolute atomic E-state index is 0.234. The van der Waals surface area contributed by atoms with Gasteiger partial charge in [0.15, 0.2) is 0 Å². The monoisotopic (exact) mass is 220 g/mol. The second kappa shape index (κ2) is 5.95. The lowest BCUT2D eigenvalue weighted by atomic mass is 10.1. The highest BCUT2D eigenvalue weighted by atomic mass is 16.6. The van der Waals surface area contributed by atoms with Crippen molar-refractivity contribution in [2.75, 3.05) is 13.2 Å². The van der Waals surface area contributed by atoms with E-state index in [2.05, 4.69) is 12.6 Å². The van der Waals surface area contributed by atoms with Gasteiger partial charge in [-0.05, 0) is 37.1 Å². The lowest BCUT2D eigenvalue weighted by Crippen LogP contribution is -2.10. The number of carbonyl (C=O) groups is 1. The highest BCUT2D eigenvalue weighted by Gasteiger charge is 1.98. The Balaban J connectivity index is 2.37. The van der Waals surface area contributed by atoms with Crippen LogP contribution in [0.25, 0.3) is 0 Å². The summed E-state index contributed by atoms with van der Waals surface area (Å²) in [6.07, 6.45) is 1.14. The van der Waals surface area contributed by atoms with E-state index in [4.69, 9.17) is 9.47 Å². The van der Waals surface area contributed by atoms with Crippen LogP contribution in [-0.4, -0.2) is 19.2 Å². The summed E-state index contributed by atoms with van der Waals surface area (Å²) in [5, 5.41) is 0. The third-order valence-electron chi connectivity index (χ3n) is 1.96. The standard InChI is InChI=1S/C13H16O3/c1-4-13(14)16-6-5-15-12-8-10(2)7-11(3)9-12/h4,7-9H,1,5-6H2,2-3H3. The molecule has 0 fully saturated rings. The van der Waals surface area contributed by atoms with Gasteiger partial charge in [-0.25, -0.2) is 4.79 Å². The van der Waals surface area contributed by atoms with Crippen LogP contribution >= 0.6 is 0 Å². The Kier molecular flexibility index (Phi) is 4.58. The molecule has 3 nitrogen and oxygen atoms in total. The van der Waals surface area contributed by atoms with Gasteiger partial charge >= 0.3 is 5.97 Å². The first kappa shape index (κ1) is 12.3. The first-order valence-electron chi connectivity index (χ1n) is 5.12. The second-order valence-electron chi connectivity index (χ2n) is 3.54. The topological polar surface area (TPSA) is 35.5 Å². The summed E-state index contributed by atoms with van der Waals surface area (Å²) in [5.41, 5.74) is 2.30. The highest BCUT2D eigenvalue weighted by molar-refractivity contribution is 5.81. The molecule has 0 amide bonds. The molecule has 0 aliphatic rings. The number of hydrogen-bond acceptors (Lipinski definition) is 3. The summed E-state index contributed by atoms with van der Waals surface area (Å²) in [6, 6.07) is 5.97. The van der Waals surface area contributed by atoms with Crippen molar-refractivity contribution in [2.45, 2.75) is 13.8 Å². The van der Waals surface area contributed by atoms with E-state index in [0.717, 1.165) is 23.0 Å². The van der Waals surface area contributed by atoms with E-state index >= 15 is 0 Å². The number of esters is 1. The fourth-order valence-electron chi connectivity index (χ4n) is 1.38. The van der Waals surface area contributed by atoms with Crippen LogP contribution in [0.2, 0.25) is 0 Å². The van der Waals surface area contributed by atoms with Gasteiger partial charge in [-0.3, -0.25) is 0 Å². The molecule has 0 saturated carbocycles. The van der Waals surface area contributed by atoms with E-state index < -0.39 is 5.97 Å². The summed E-state index contributed by atoms with van der Waals surface area (Å²) in [5.74, 6) is 0.371. The summed E-state index contributed by atoms with van der Waals surface area (Å²) in [4.78, 5) is 10.7. The molecule has 1 aromatic rings. The van der Waals surface area contributed by atoms with E-state index in [0.29, 0.717) is 6.61 Å². The summed E-state index contributed by atoms with van der Waals surface area (Å²) in [7, 11) is 0. The zero-order valence-electron chi connectivity index (χ0n) is 9.66. The van der Waals surface area contributed by atoms with Crippen molar-refractivity contribution in [3.8, 4) is 5.75 Å². The van der Waals surface area contributed by atoms with Crippen molar-refractivity contribution in [2.24, 2.45) is 0 Å². The van der Waals surface area contributed by atoms with Crippen molar-refractivity contribution >= 4 is 5.97 Å². The minimum Gasteiger partial charge on any atom is -0.490 e. The summed E-state index contributed by atoms with van der Waals surface area (Å²) < 4.78 is 10.2. The van der Waals surface area contributed by atoms with Crippen molar-refractivity contribution < 1.29 is 14.3 Å². The Morgan fingerprint density at radius 3 is 2.44 bits per heavy atom. The predicted octanol–water partition coefficient (Wildman–Crippen LogP) is 2.41. The fourth-order valence-corrected chi connectivity index (χ4v) is 1.38. The van der Waals surface area contributed by atoms with E-state index in [1.165, 1.54) is 0 Å². The van der Waals surface area contributed by atoms with Crippen LogP contribution in [0.15, 0.2) is 30.9 Å². The molecule has 0 N–H and O–H groups in total. The SMILES string of the molecule is C=CC(=O)OCCOc1cc(C)cc(C)c1. The minimum atomic E-state index is -0.427. The number of aryl methyl sites for hydroxylation is 2. The summed E-state index contributed by atoms with van der Waals surface area (Å²) >= 11 is 0. The Labute approximate surface area is 95.7 Å². The maximum Gasteiger partial charge on any atom is 0.330 e. The van der Waals surface area contributed by atoms with Gasteiger partial charge in [0.25, 0.3) is 0 Å². The third kappa shape index (κ3) is 4.17. The van der Waals surface area contributed by atoms with Crippen LogP contribution in [0, 0.1) is 13.8 Å². The zero-order valence-corrected chi connectivity index (χ0v) is 9.66. The number of ether oxygens (including phenoxy) is 2. The fraction of sp³-hybridized carbons (Fsp3) is 0.308. The predicted molar refractivity (Wildman–Crippen MR) is 62.6 cm³/mol.